The van der Waals surface area contributed by atoms with E-state index in [2.05, 4.69) is 73.3 Å². The van der Waals surface area contributed by atoms with Gasteiger partial charge in [0.1, 0.15) is 8.07 Å². The summed E-state index contributed by atoms with van der Waals surface area (Å²) in [7, 11) is -1.55. The molecular weight excluding hydrogens is 232 g/mol. The summed E-state index contributed by atoms with van der Waals surface area (Å²) in [6.45, 7) is 2.54. The third kappa shape index (κ3) is 1.10. The molecule has 88 valence electrons. The normalized spacial score (nSPS) is 31.6. The largest absolute Gasteiger partial charge is 0.123 e. The number of hydrogen-bond donors (Lipinski definition) is 0. The fourth-order valence-electron chi connectivity index (χ4n) is 3.75. The Kier molecular flexibility index (Phi) is 1.98. The maximum atomic E-state index is 2.54. The van der Waals surface area contributed by atoms with Crippen LogP contribution in [-0.2, 0) is 0 Å². The first-order valence-corrected chi connectivity index (χ1v) is 9.23. The molecule has 0 saturated heterocycles. The van der Waals surface area contributed by atoms with E-state index in [1.807, 2.05) is 0 Å². The van der Waals surface area contributed by atoms with Crippen LogP contribution in [0.1, 0.15) is 11.5 Å². The molecule has 18 heavy (non-hydrogen) atoms. The molecule has 2 aromatic carbocycles. The Hall–Kier alpha value is -1.60. The lowest BCUT2D eigenvalue weighted by molar-refractivity contribution is 0.798. The highest BCUT2D eigenvalue weighted by atomic mass is 28.3. The summed E-state index contributed by atoms with van der Waals surface area (Å²) in [6, 6.07) is 20.3. The molecule has 2 aromatic rings. The fraction of sp³-hybridized carbons (Fsp3) is 0.176. The van der Waals surface area contributed by atoms with Crippen molar-refractivity contribution in [3.63, 3.8) is 0 Å². The Labute approximate surface area is 109 Å². The molecule has 2 aliphatic rings. The highest BCUT2D eigenvalue weighted by Gasteiger charge is 2.52. The summed E-state index contributed by atoms with van der Waals surface area (Å²) in [5.41, 5.74) is 2.36. The van der Waals surface area contributed by atoms with Crippen molar-refractivity contribution in [2.24, 2.45) is 0 Å². The molecule has 1 heterocycles. The maximum absolute atomic E-state index is 2.54. The third-order valence-electron chi connectivity index (χ3n) is 4.83. The molecule has 0 spiro atoms. The van der Waals surface area contributed by atoms with Gasteiger partial charge in [0.05, 0.1) is 0 Å². The first kappa shape index (κ1) is 10.3. The summed E-state index contributed by atoms with van der Waals surface area (Å²) in [6.07, 6.45) is 4.84. The molecule has 0 aromatic heterocycles. The Morgan fingerprint density at radius 2 is 1.56 bits per heavy atom. The predicted octanol–water partition coefficient (Wildman–Crippen LogP) is 2.92. The van der Waals surface area contributed by atoms with Crippen LogP contribution in [0.5, 0.6) is 0 Å². The van der Waals surface area contributed by atoms with Crippen LogP contribution in [0.15, 0.2) is 66.7 Å². The molecule has 3 unspecified atom stereocenters. The van der Waals surface area contributed by atoms with Gasteiger partial charge in [-0.25, -0.2) is 0 Å². The molecule has 1 heteroatoms. The van der Waals surface area contributed by atoms with E-state index in [0.29, 0.717) is 5.92 Å². The van der Waals surface area contributed by atoms with Gasteiger partial charge in [0.15, 0.2) is 0 Å². The van der Waals surface area contributed by atoms with Crippen LogP contribution in [0.4, 0.5) is 0 Å². The Bertz CT molecular complexity index is 629. The van der Waals surface area contributed by atoms with E-state index in [0.717, 1.165) is 5.54 Å². The maximum Gasteiger partial charge on any atom is 0.123 e. The van der Waals surface area contributed by atoms with Gasteiger partial charge in [-0.2, -0.15) is 0 Å². The van der Waals surface area contributed by atoms with Crippen molar-refractivity contribution >= 4 is 18.4 Å². The minimum absolute atomic E-state index is 0.693. The van der Waals surface area contributed by atoms with Gasteiger partial charge in [-0.3, -0.25) is 0 Å². The van der Waals surface area contributed by atoms with E-state index in [1.54, 1.807) is 15.9 Å². The minimum Gasteiger partial charge on any atom is -0.0859 e. The fourth-order valence-corrected chi connectivity index (χ4v) is 8.49. The van der Waals surface area contributed by atoms with Gasteiger partial charge in [-0.15, -0.1) is 0 Å². The summed E-state index contributed by atoms with van der Waals surface area (Å²) >= 11 is 0. The first-order chi connectivity index (χ1) is 8.82. The summed E-state index contributed by atoms with van der Waals surface area (Å²) in [4.78, 5) is 0. The Morgan fingerprint density at radius 1 is 0.833 bits per heavy atom. The lowest BCUT2D eigenvalue weighted by Crippen LogP contribution is -2.56. The molecule has 0 radical (unpaired) electrons. The number of benzene rings is 2. The number of rotatable bonds is 1. The molecule has 0 amide bonds. The first-order valence-electron chi connectivity index (χ1n) is 6.65. The van der Waals surface area contributed by atoms with Crippen LogP contribution in [0.2, 0.25) is 12.1 Å². The molecule has 1 aliphatic carbocycles. The van der Waals surface area contributed by atoms with Gasteiger partial charge in [0, 0.05) is 5.92 Å². The number of allylic oxidation sites excluding steroid dienone is 2. The van der Waals surface area contributed by atoms with Gasteiger partial charge in [0.25, 0.3) is 0 Å². The zero-order valence-electron chi connectivity index (χ0n) is 10.5. The van der Waals surface area contributed by atoms with Crippen LogP contribution in [-0.4, -0.2) is 8.07 Å². The molecular formula is C17H16Si. The van der Waals surface area contributed by atoms with E-state index in [9.17, 15) is 0 Å². The van der Waals surface area contributed by atoms with Crippen LogP contribution in [0, 0.1) is 0 Å². The Morgan fingerprint density at radius 3 is 2.28 bits per heavy atom. The lowest BCUT2D eigenvalue weighted by Gasteiger charge is -2.35. The minimum atomic E-state index is -1.55. The predicted molar refractivity (Wildman–Crippen MR) is 79.4 cm³/mol. The number of fused-ring (bicyclic) bond motifs is 3. The van der Waals surface area contributed by atoms with Gasteiger partial charge >= 0.3 is 0 Å². The smallest absolute Gasteiger partial charge is 0.0859 e. The van der Waals surface area contributed by atoms with E-state index in [1.165, 1.54) is 0 Å². The van der Waals surface area contributed by atoms with E-state index in [-0.39, 0.29) is 0 Å². The van der Waals surface area contributed by atoms with Gasteiger partial charge < -0.3 is 0 Å². The topological polar surface area (TPSA) is 0 Å². The van der Waals surface area contributed by atoms with E-state index < -0.39 is 8.07 Å². The van der Waals surface area contributed by atoms with Crippen molar-refractivity contribution in [1.82, 2.24) is 0 Å². The molecule has 0 saturated carbocycles. The summed E-state index contributed by atoms with van der Waals surface area (Å²) < 4.78 is 0. The van der Waals surface area contributed by atoms with Crippen LogP contribution >= 0.6 is 0 Å². The van der Waals surface area contributed by atoms with E-state index >= 15 is 0 Å². The van der Waals surface area contributed by atoms with Crippen molar-refractivity contribution < 1.29 is 0 Å². The van der Waals surface area contributed by atoms with Crippen molar-refractivity contribution in [3.05, 3.63) is 72.3 Å². The zero-order valence-corrected chi connectivity index (χ0v) is 11.5. The standard InChI is InChI=1S/C17H16Si/c1-18(13-7-3-2-4-8-13)16-10-6-5-9-14(16)15-11-12-17(15)18/h2-12,15,17H,1H3. The second-order valence-corrected chi connectivity index (χ2v) is 9.78. The average Bonchev–Trinajstić information content (AvgIpc) is 2.55. The van der Waals surface area contributed by atoms with Crippen LogP contribution in [0.3, 0.4) is 0 Å². The van der Waals surface area contributed by atoms with Crippen molar-refractivity contribution in [1.29, 1.82) is 0 Å². The van der Waals surface area contributed by atoms with Crippen LogP contribution < -0.4 is 10.4 Å². The quantitative estimate of drug-likeness (QED) is 0.538. The second kappa shape index (κ2) is 3.45. The average molecular weight is 248 g/mol. The molecule has 3 atom stereocenters. The van der Waals surface area contributed by atoms with E-state index in [4.69, 9.17) is 0 Å². The molecule has 0 bridgehead atoms. The molecule has 1 aliphatic heterocycles. The van der Waals surface area contributed by atoms with Crippen LogP contribution in [0.25, 0.3) is 0 Å². The zero-order chi connectivity index (χ0) is 12.2. The van der Waals surface area contributed by atoms with Crippen molar-refractivity contribution in [3.8, 4) is 0 Å². The highest BCUT2D eigenvalue weighted by molar-refractivity contribution is 7.04. The molecule has 4 rings (SSSR count). The third-order valence-corrected chi connectivity index (χ3v) is 9.82. The lowest BCUT2D eigenvalue weighted by atomic mass is 9.88. The second-order valence-electron chi connectivity index (χ2n) is 5.59. The highest BCUT2D eigenvalue weighted by Crippen LogP contribution is 2.50. The van der Waals surface area contributed by atoms with Crippen molar-refractivity contribution in [2.45, 2.75) is 18.0 Å². The Balaban J connectivity index is 1.98. The number of hydrogen-bond acceptors (Lipinski definition) is 0. The molecule has 0 fully saturated rings. The molecule has 0 N–H and O–H groups in total. The van der Waals surface area contributed by atoms with Crippen molar-refractivity contribution in [2.75, 3.05) is 0 Å². The SMILES string of the molecule is C[Si]1(c2ccccc2)c2ccccc2C2C=CC21. The summed E-state index contributed by atoms with van der Waals surface area (Å²) in [5, 5.41) is 3.23. The van der Waals surface area contributed by atoms with Gasteiger partial charge in [0.2, 0.25) is 0 Å². The monoisotopic (exact) mass is 248 g/mol. The summed E-state index contributed by atoms with van der Waals surface area (Å²) in [5.74, 6) is 0.693. The van der Waals surface area contributed by atoms with Gasteiger partial charge in [-0.1, -0.05) is 78.5 Å². The molecule has 0 nitrogen and oxygen atoms in total. The van der Waals surface area contributed by atoms with Gasteiger partial charge in [-0.05, 0) is 16.3 Å².